The normalized spacial score (nSPS) is 21.9. The maximum Gasteiger partial charge on any atom is 0.306 e. The standard InChI is InChI=1S/C17H28O3/c1-4-5-8-14-10-16(18)11-15(14)12-17(19)20-9-6-7-13(2)3/h7,14-15H,4-6,8-12H2,1-3H3. The Morgan fingerprint density at radius 2 is 2.00 bits per heavy atom. The van der Waals surface area contributed by atoms with Gasteiger partial charge in [-0.25, -0.2) is 0 Å². The Balaban J connectivity index is 2.31. The first-order valence-electron chi connectivity index (χ1n) is 7.83. The Bertz CT molecular complexity index is 353. The topological polar surface area (TPSA) is 43.4 Å². The minimum Gasteiger partial charge on any atom is -0.465 e. The van der Waals surface area contributed by atoms with Crippen LogP contribution in [0.25, 0.3) is 0 Å². The fourth-order valence-electron chi connectivity index (χ4n) is 2.84. The number of ketones is 1. The van der Waals surface area contributed by atoms with Crippen molar-refractivity contribution in [1.29, 1.82) is 0 Å². The third-order valence-corrected chi connectivity index (χ3v) is 3.94. The highest BCUT2D eigenvalue weighted by Gasteiger charge is 2.33. The fraction of sp³-hybridized carbons (Fsp3) is 0.765. The van der Waals surface area contributed by atoms with Crippen molar-refractivity contribution in [3.05, 3.63) is 11.6 Å². The van der Waals surface area contributed by atoms with Crippen LogP contribution in [0.1, 0.15) is 65.7 Å². The van der Waals surface area contributed by atoms with Crippen LogP contribution in [0.3, 0.4) is 0 Å². The van der Waals surface area contributed by atoms with Crippen LogP contribution >= 0.6 is 0 Å². The summed E-state index contributed by atoms with van der Waals surface area (Å²) in [6.45, 7) is 6.67. The molecule has 0 aromatic carbocycles. The highest BCUT2D eigenvalue weighted by molar-refractivity contribution is 5.82. The molecule has 1 aliphatic rings. The van der Waals surface area contributed by atoms with Crippen LogP contribution in [0.2, 0.25) is 0 Å². The zero-order valence-corrected chi connectivity index (χ0v) is 13.1. The minimum absolute atomic E-state index is 0.145. The van der Waals surface area contributed by atoms with Gasteiger partial charge in [0.15, 0.2) is 0 Å². The van der Waals surface area contributed by atoms with Gasteiger partial charge in [0.05, 0.1) is 6.61 Å². The van der Waals surface area contributed by atoms with Crippen LogP contribution in [0, 0.1) is 11.8 Å². The number of allylic oxidation sites excluding steroid dienone is 1. The molecule has 0 saturated heterocycles. The van der Waals surface area contributed by atoms with Gasteiger partial charge in [-0.05, 0) is 38.5 Å². The van der Waals surface area contributed by atoms with Crippen molar-refractivity contribution in [1.82, 2.24) is 0 Å². The maximum atomic E-state index is 11.8. The number of Topliss-reactive ketones (excluding diaryl/α,β-unsaturated/α-hetero) is 1. The van der Waals surface area contributed by atoms with Crippen molar-refractivity contribution in [2.45, 2.75) is 65.7 Å². The van der Waals surface area contributed by atoms with Gasteiger partial charge in [-0.15, -0.1) is 0 Å². The van der Waals surface area contributed by atoms with E-state index in [1.807, 2.05) is 13.8 Å². The van der Waals surface area contributed by atoms with E-state index in [4.69, 9.17) is 4.74 Å². The summed E-state index contributed by atoms with van der Waals surface area (Å²) in [4.78, 5) is 23.4. The number of hydrogen-bond acceptors (Lipinski definition) is 3. The third kappa shape index (κ3) is 6.36. The Labute approximate surface area is 122 Å². The van der Waals surface area contributed by atoms with Crippen LogP contribution in [-0.4, -0.2) is 18.4 Å². The number of rotatable bonds is 8. The van der Waals surface area contributed by atoms with E-state index in [-0.39, 0.29) is 11.9 Å². The van der Waals surface area contributed by atoms with Gasteiger partial charge in [0.25, 0.3) is 0 Å². The second-order valence-electron chi connectivity index (χ2n) is 6.10. The number of hydrogen-bond donors (Lipinski definition) is 0. The molecule has 3 heteroatoms. The van der Waals surface area contributed by atoms with Gasteiger partial charge in [-0.3, -0.25) is 9.59 Å². The van der Waals surface area contributed by atoms with E-state index >= 15 is 0 Å². The van der Waals surface area contributed by atoms with Gasteiger partial charge in [0.2, 0.25) is 0 Å². The molecule has 0 aromatic heterocycles. The molecule has 2 unspecified atom stereocenters. The van der Waals surface area contributed by atoms with Gasteiger partial charge in [-0.2, -0.15) is 0 Å². The van der Waals surface area contributed by atoms with Crippen LogP contribution < -0.4 is 0 Å². The Morgan fingerprint density at radius 3 is 2.65 bits per heavy atom. The molecule has 2 atom stereocenters. The van der Waals surface area contributed by atoms with Gasteiger partial charge in [0, 0.05) is 19.3 Å². The molecule has 3 nitrogen and oxygen atoms in total. The molecule has 20 heavy (non-hydrogen) atoms. The van der Waals surface area contributed by atoms with Crippen LogP contribution in [0.5, 0.6) is 0 Å². The largest absolute Gasteiger partial charge is 0.465 e. The second kappa shape index (κ2) is 8.93. The van der Waals surface area contributed by atoms with E-state index in [1.165, 1.54) is 5.57 Å². The summed E-state index contributed by atoms with van der Waals surface area (Å²) in [5, 5.41) is 0. The molecule has 0 radical (unpaired) electrons. The van der Waals surface area contributed by atoms with E-state index in [0.29, 0.717) is 37.6 Å². The number of unbranched alkanes of at least 4 members (excludes halogenated alkanes) is 1. The van der Waals surface area contributed by atoms with Gasteiger partial charge < -0.3 is 4.74 Å². The summed E-state index contributed by atoms with van der Waals surface area (Å²) in [5.41, 5.74) is 1.24. The van der Waals surface area contributed by atoms with Crippen LogP contribution in [0.4, 0.5) is 0 Å². The monoisotopic (exact) mass is 280 g/mol. The highest BCUT2D eigenvalue weighted by Crippen LogP contribution is 2.35. The SMILES string of the molecule is CCCCC1CC(=O)CC1CC(=O)OCCC=C(C)C. The van der Waals surface area contributed by atoms with E-state index in [2.05, 4.69) is 13.0 Å². The molecular formula is C17H28O3. The molecule has 1 saturated carbocycles. The van der Waals surface area contributed by atoms with E-state index in [9.17, 15) is 9.59 Å². The number of esters is 1. The summed E-state index contributed by atoms with van der Waals surface area (Å²) in [6.07, 6.45) is 7.84. The molecule has 1 rings (SSSR count). The predicted molar refractivity (Wildman–Crippen MR) is 80.4 cm³/mol. The van der Waals surface area contributed by atoms with Crippen molar-refractivity contribution in [2.24, 2.45) is 11.8 Å². The van der Waals surface area contributed by atoms with E-state index < -0.39 is 0 Å². The average molecular weight is 280 g/mol. The summed E-state index contributed by atoms with van der Waals surface area (Å²) >= 11 is 0. The summed E-state index contributed by atoms with van der Waals surface area (Å²) in [6, 6.07) is 0. The van der Waals surface area contributed by atoms with Crippen LogP contribution in [-0.2, 0) is 14.3 Å². The lowest BCUT2D eigenvalue weighted by Crippen LogP contribution is -2.15. The lowest BCUT2D eigenvalue weighted by atomic mass is 9.89. The smallest absolute Gasteiger partial charge is 0.306 e. The fourth-order valence-corrected chi connectivity index (χ4v) is 2.84. The molecule has 1 aliphatic carbocycles. The molecule has 0 aromatic rings. The van der Waals surface area contributed by atoms with Crippen LogP contribution in [0.15, 0.2) is 11.6 Å². The molecular weight excluding hydrogens is 252 g/mol. The Hall–Kier alpha value is -1.12. The molecule has 114 valence electrons. The van der Waals surface area contributed by atoms with Crippen molar-refractivity contribution in [2.75, 3.05) is 6.61 Å². The Kier molecular flexibility index (Phi) is 7.56. The zero-order valence-electron chi connectivity index (χ0n) is 13.1. The molecule has 0 aliphatic heterocycles. The lowest BCUT2D eigenvalue weighted by molar-refractivity contribution is -0.144. The number of ether oxygens (including phenoxy) is 1. The second-order valence-corrected chi connectivity index (χ2v) is 6.10. The molecule has 0 spiro atoms. The predicted octanol–water partition coefficient (Wildman–Crippen LogP) is 4.06. The molecule has 0 N–H and O–H groups in total. The van der Waals surface area contributed by atoms with Gasteiger partial charge in [0.1, 0.15) is 5.78 Å². The van der Waals surface area contributed by atoms with Gasteiger partial charge in [-0.1, -0.05) is 31.4 Å². The van der Waals surface area contributed by atoms with Crippen molar-refractivity contribution >= 4 is 11.8 Å². The Morgan fingerprint density at radius 1 is 1.30 bits per heavy atom. The zero-order chi connectivity index (χ0) is 15.0. The first-order valence-corrected chi connectivity index (χ1v) is 7.83. The van der Waals surface area contributed by atoms with Crippen molar-refractivity contribution < 1.29 is 14.3 Å². The quantitative estimate of drug-likeness (QED) is 0.382. The third-order valence-electron chi connectivity index (χ3n) is 3.94. The minimum atomic E-state index is -0.145. The summed E-state index contributed by atoms with van der Waals surface area (Å²) < 4.78 is 5.25. The molecule has 0 bridgehead atoms. The van der Waals surface area contributed by atoms with E-state index in [0.717, 1.165) is 25.7 Å². The van der Waals surface area contributed by atoms with Crippen molar-refractivity contribution in [3.63, 3.8) is 0 Å². The maximum absolute atomic E-state index is 11.8. The number of carbonyl (C=O) groups is 2. The lowest BCUT2D eigenvalue weighted by Gasteiger charge is -2.17. The average Bonchev–Trinajstić information content (AvgIpc) is 2.72. The highest BCUT2D eigenvalue weighted by atomic mass is 16.5. The first kappa shape index (κ1) is 16.9. The van der Waals surface area contributed by atoms with E-state index in [1.54, 1.807) is 0 Å². The molecule has 1 fully saturated rings. The summed E-state index contributed by atoms with van der Waals surface area (Å²) in [7, 11) is 0. The summed E-state index contributed by atoms with van der Waals surface area (Å²) in [5.74, 6) is 0.777. The number of carbonyl (C=O) groups excluding carboxylic acids is 2. The molecule has 0 heterocycles. The first-order chi connectivity index (χ1) is 9.52. The van der Waals surface area contributed by atoms with Crippen molar-refractivity contribution in [3.8, 4) is 0 Å². The van der Waals surface area contributed by atoms with Gasteiger partial charge >= 0.3 is 5.97 Å². The molecule has 0 amide bonds.